The molecule has 1 heterocycles. The van der Waals surface area contributed by atoms with Crippen LogP contribution >= 0.6 is 0 Å². The molecule has 0 fully saturated rings. The molecule has 0 radical (unpaired) electrons. The Hall–Kier alpha value is -1.03. The monoisotopic (exact) mass is 225 g/mol. The van der Waals surface area contributed by atoms with Crippen molar-refractivity contribution in [1.29, 1.82) is 0 Å². The van der Waals surface area contributed by atoms with Gasteiger partial charge in [0, 0.05) is 25.0 Å². The molecule has 1 aromatic rings. The van der Waals surface area contributed by atoms with E-state index in [1.165, 1.54) is 0 Å². The molecule has 4 heteroatoms. The van der Waals surface area contributed by atoms with Crippen LogP contribution < -0.4 is 5.32 Å². The first kappa shape index (κ1) is 13.0. The topological polar surface area (TPSA) is 39.1 Å². The summed E-state index contributed by atoms with van der Waals surface area (Å²) >= 11 is 0. The maximum absolute atomic E-state index is 5.16. The molecular weight excluding hydrogens is 202 g/mol. The number of hydrogen-bond donors (Lipinski definition) is 1. The number of rotatable bonds is 6. The molecule has 0 amide bonds. The lowest BCUT2D eigenvalue weighted by molar-refractivity contribution is 0.163. The average molecular weight is 225 g/mol. The van der Waals surface area contributed by atoms with Crippen LogP contribution in [0.3, 0.4) is 0 Å². The summed E-state index contributed by atoms with van der Waals surface area (Å²) in [6.45, 7) is 9.33. The lowest BCUT2D eigenvalue weighted by atomic mass is 10.0. The Balaban J connectivity index is 2.78. The van der Waals surface area contributed by atoms with Crippen molar-refractivity contribution in [2.45, 2.75) is 45.7 Å². The van der Waals surface area contributed by atoms with Gasteiger partial charge in [0.25, 0.3) is 0 Å². The Bertz CT molecular complexity index is 320. The van der Waals surface area contributed by atoms with E-state index in [-0.39, 0.29) is 5.54 Å². The molecule has 0 saturated heterocycles. The molecule has 0 saturated carbocycles. The zero-order valence-corrected chi connectivity index (χ0v) is 10.9. The second kappa shape index (κ2) is 5.34. The number of aromatic nitrogens is 2. The van der Waals surface area contributed by atoms with E-state index in [1.807, 2.05) is 12.4 Å². The van der Waals surface area contributed by atoms with Crippen molar-refractivity contribution in [3.63, 3.8) is 0 Å². The highest BCUT2D eigenvalue weighted by Gasteiger charge is 2.18. The van der Waals surface area contributed by atoms with Gasteiger partial charge in [0.15, 0.2) is 0 Å². The second-order valence-electron chi connectivity index (χ2n) is 4.82. The van der Waals surface area contributed by atoms with Crippen molar-refractivity contribution >= 4 is 5.95 Å². The van der Waals surface area contributed by atoms with E-state index in [1.54, 1.807) is 7.11 Å². The summed E-state index contributed by atoms with van der Waals surface area (Å²) < 4.78 is 7.27. The normalized spacial score (nSPS) is 13.8. The molecular formula is C12H23N3O. The predicted molar refractivity (Wildman–Crippen MR) is 66.8 cm³/mol. The van der Waals surface area contributed by atoms with Crippen molar-refractivity contribution < 1.29 is 4.74 Å². The molecule has 1 aromatic heterocycles. The highest BCUT2D eigenvalue weighted by Crippen LogP contribution is 2.19. The molecule has 0 aromatic carbocycles. The third-order valence-electron chi connectivity index (χ3n) is 2.89. The lowest BCUT2D eigenvalue weighted by Gasteiger charge is -2.27. The zero-order valence-electron chi connectivity index (χ0n) is 10.9. The summed E-state index contributed by atoms with van der Waals surface area (Å²) in [5, 5.41) is 3.45. The summed E-state index contributed by atoms with van der Waals surface area (Å²) in [6, 6.07) is 0.294. The molecule has 16 heavy (non-hydrogen) atoms. The van der Waals surface area contributed by atoms with Crippen LogP contribution in [0.25, 0.3) is 0 Å². The molecule has 0 spiro atoms. The summed E-state index contributed by atoms with van der Waals surface area (Å²) in [4.78, 5) is 4.35. The molecule has 4 nitrogen and oxygen atoms in total. The van der Waals surface area contributed by atoms with Gasteiger partial charge in [0.1, 0.15) is 0 Å². The number of anilines is 1. The Kier molecular flexibility index (Phi) is 4.35. The fourth-order valence-electron chi connectivity index (χ4n) is 1.48. The first-order valence-corrected chi connectivity index (χ1v) is 5.80. The van der Waals surface area contributed by atoms with Crippen LogP contribution in [0.5, 0.6) is 0 Å². The summed E-state index contributed by atoms with van der Waals surface area (Å²) in [5.74, 6) is 0.913. The van der Waals surface area contributed by atoms with E-state index in [9.17, 15) is 0 Å². The van der Waals surface area contributed by atoms with Gasteiger partial charge in [0.2, 0.25) is 5.95 Å². The van der Waals surface area contributed by atoms with E-state index in [0.717, 1.165) is 12.4 Å². The van der Waals surface area contributed by atoms with Gasteiger partial charge in [0.05, 0.1) is 12.6 Å². The lowest BCUT2D eigenvalue weighted by Crippen LogP contribution is -2.31. The number of hydrogen-bond acceptors (Lipinski definition) is 3. The van der Waals surface area contributed by atoms with Gasteiger partial charge in [-0.1, -0.05) is 6.92 Å². The van der Waals surface area contributed by atoms with Crippen LogP contribution in [0.1, 0.15) is 40.2 Å². The quantitative estimate of drug-likeness (QED) is 0.809. The third kappa shape index (κ3) is 3.23. The first-order valence-electron chi connectivity index (χ1n) is 5.80. The minimum absolute atomic E-state index is 0.0654. The van der Waals surface area contributed by atoms with Crippen LogP contribution in [-0.2, 0) is 4.74 Å². The number of nitrogens with zero attached hydrogens (tertiary/aromatic N) is 2. The molecule has 0 bridgehead atoms. The maximum Gasteiger partial charge on any atom is 0.203 e. The molecule has 1 unspecified atom stereocenters. The smallest absolute Gasteiger partial charge is 0.203 e. The average Bonchev–Trinajstić information content (AvgIpc) is 2.65. The Morgan fingerprint density at radius 3 is 2.81 bits per heavy atom. The van der Waals surface area contributed by atoms with Gasteiger partial charge in [-0.05, 0) is 27.2 Å². The molecule has 0 aliphatic carbocycles. The number of imidazole rings is 1. The van der Waals surface area contributed by atoms with E-state index in [4.69, 9.17) is 4.74 Å². The summed E-state index contributed by atoms with van der Waals surface area (Å²) in [6.07, 6.45) is 4.86. The van der Waals surface area contributed by atoms with Crippen LogP contribution in [-0.4, -0.2) is 28.8 Å². The Morgan fingerprint density at radius 2 is 2.25 bits per heavy atom. The maximum atomic E-state index is 5.16. The molecule has 0 aliphatic heterocycles. The highest BCUT2D eigenvalue weighted by molar-refractivity contribution is 5.30. The van der Waals surface area contributed by atoms with Crippen molar-refractivity contribution in [3.8, 4) is 0 Å². The molecule has 1 rings (SSSR count). The van der Waals surface area contributed by atoms with E-state index in [0.29, 0.717) is 12.6 Å². The summed E-state index contributed by atoms with van der Waals surface area (Å²) in [7, 11) is 1.72. The summed E-state index contributed by atoms with van der Waals surface area (Å²) in [5.41, 5.74) is 0.0654. The minimum Gasteiger partial charge on any atom is -0.383 e. The zero-order chi connectivity index (χ0) is 12.2. The fraction of sp³-hybridized carbons (Fsp3) is 0.750. The van der Waals surface area contributed by atoms with Crippen LogP contribution in [0.4, 0.5) is 5.95 Å². The van der Waals surface area contributed by atoms with Crippen LogP contribution in [0, 0.1) is 0 Å². The predicted octanol–water partition coefficient (Wildman–Crippen LogP) is 2.69. The largest absolute Gasteiger partial charge is 0.383 e. The standard InChI is InChI=1S/C12H23N3O/c1-6-12(3,4)14-11-13-7-8-15(11)10(2)9-16-5/h7-8,10H,6,9H2,1-5H3,(H,13,14). The number of nitrogens with one attached hydrogen (secondary N) is 1. The van der Waals surface area contributed by atoms with Gasteiger partial charge >= 0.3 is 0 Å². The first-order chi connectivity index (χ1) is 7.50. The minimum atomic E-state index is 0.0654. The van der Waals surface area contributed by atoms with Crippen molar-refractivity contribution in [3.05, 3.63) is 12.4 Å². The van der Waals surface area contributed by atoms with Gasteiger partial charge in [-0.15, -0.1) is 0 Å². The van der Waals surface area contributed by atoms with E-state index in [2.05, 4.69) is 42.6 Å². The number of methoxy groups -OCH3 is 1. The van der Waals surface area contributed by atoms with Crippen molar-refractivity contribution in [1.82, 2.24) is 9.55 Å². The molecule has 1 atom stereocenters. The van der Waals surface area contributed by atoms with Crippen molar-refractivity contribution in [2.24, 2.45) is 0 Å². The van der Waals surface area contributed by atoms with Gasteiger partial charge < -0.3 is 14.6 Å². The Morgan fingerprint density at radius 1 is 1.56 bits per heavy atom. The van der Waals surface area contributed by atoms with E-state index >= 15 is 0 Å². The van der Waals surface area contributed by atoms with Gasteiger partial charge in [-0.2, -0.15) is 0 Å². The molecule has 92 valence electrons. The highest BCUT2D eigenvalue weighted by atomic mass is 16.5. The number of ether oxygens (including phenoxy) is 1. The second-order valence-corrected chi connectivity index (χ2v) is 4.82. The van der Waals surface area contributed by atoms with Crippen LogP contribution in [0.2, 0.25) is 0 Å². The van der Waals surface area contributed by atoms with Crippen LogP contribution in [0.15, 0.2) is 12.4 Å². The fourth-order valence-corrected chi connectivity index (χ4v) is 1.48. The Labute approximate surface area is 98.0 Å². The SMILES string of the molecule is CCC(C)(C)Nc1nccn1C(C)COC. The van der Waals surface area contributed by atoms with Crippen molar-refractivity contribution in [2.75, 3.05) is 19.0 Å². The molecule has 1 N–H and O–H groups in total. The van der Waals surface area contributed by atoms with Gasteiger partial charge in [-0.3, -0.25) is 0 Å². The van der Waals surface area contributed by atoms with Gasteiger partial charge in [-0.25, -0.2) is 4.98 Å². The van der Waals surface area contributed by atoms with E-state index < -0.39 is 0 Å². The third-order valence-corrected chi connectivity index (χ3v) is 2.89. The molecule has 0 aliphatic rings.